The van der Waals surface area contributed by atoms with Gasteiger partial charge in [-0.15, -0.1) is 11.3 Å². The lowest BCUT2D eigenvalue weighted by Crippen LogP contribution is -2.11. The minimum absolute atomic E-state index is 0.855. The Labute approximate surface area is 176 Å². The fourth-order valence-corrected chi connectivity index (χ4v) is 4.16. The Balaban J connectivity index is 1.70. The Kier molecular flexibility index (Phi) is 5.65. The van der Waals surface area contributed by atoms with Gasteiger partial charge in [0.2, 0.25) is 4.80 Å². The van der Waals surface area contributed by atoms with E-state index < -0.39 is 0 Å². The molecular weight excluding hydrogens is 430 g/mol. The number of hydrogen-bond acceptors (Lipinski definition) is 3. The average molecular weight is 448 g/mol. The Morgan fingerprint density at radius 3 is 2.29 bits per heavy atom. The van der Waals surface area contributed by atoms with Crippen LogP contribution in [0.15, 0.2) is 98.8 Å². The van der Waals surface area contributed by atoms with Gasteiger partial charge in [0.1, 0.15) is 0 Å². The van der Waals surface area contributed by atoms with Gasteiger partial charge in [0.05, 0.1) is 11.9 Å². The number of aromatic nitrogens is 1. The number of nitrogens with zero attached hydrogens (tertiary/aromatic N) is 3. The number of benzene rings is 3. The lowest BCUT2D eigenvalue weighted by molar-refractivity contribution is 0.848. The summed E-state index contributed by atoms with van der Waals surface area (Å²) in [5.74, 6) is 0. The number of halogens is 1. The van der Waals surface area contributed by atoms with Crippen molar-refractivity contribution in [3.8, 4) is 22.4 Å². The lowest BCUT2D eigenvalue weighted by atomic mass is 10.0. The Morgan fingerprint density at radius 1 is 0.857 bits per heavy atom. The first-order chi connectivity index (χ1) is 13.7. The lowest BCUT2D eigenvalue weighted by Gasteiger charge is -2.06. The van der Waals surface area contributed by atoms with Crippen molar-refractivity contribution in [3.63, 3.8) is 0 Å². The molecule has 0 saturated heterocycles. The molecule has 0 saturated carbocycles. The van der Waals surface area contributed by atoms with Crippen LogP contribution in [-0.2, 0) is 0 Å². The topological polar surface area (TPSA) is 29.6 Å². The van der Waals surface area contributed by atoms with E-state index in [1.165, 1.54) is 11.1 Å². The summed E-state index contributed by atoms with van der Waals surface area (Å²) in [7, 11) is 1.79. The summed E-state index contributed by atoms with van der Waals surface area (Å²) in [6, 6.07) is 27.0. The van der Waals surface area contributed by atoms with Crippen molar-refractivity contribution in [2.45, 2.75) is 0 Å². The molecule has 5 heteroatoms. The molecule has 28 heavy (non-hydrogen) atoms. The van der Waals surface area contributed by atoms with Gasteiger partial charge in [0, 0.05) is 22.5 Å². The molecule has 0 fully saturated rings. The third kappa shape index (κ3) is 4.06. The zero-order chi connectivity index (χ0) is 19.3. The smallest absolute Gasteiger partial charge is 0.205 e. The first kappa shape index (κ1) is 18.6. The summed E-state index contributed by atoms with van der Waals surface area (Å²) < 4.78 is 2.92. The highest BCUT2D eigenvalue weighted by Gasteiger charge is 2.07. The van der Waals surface area contributed by atoms with Gasteiger partial charge in [-0.05, 0) is 28.8 Å². The van der Waals surface area contributed by atoms with Gasteiger partial charge in [-0.2, -0.15) is 5.10 Å². The fraction of sp³-hybridized carbons (Fsp3) is 0.0435. The molecule has 0 atom stereocenters. The van der Waals surface area contributed by atoms with Crippen LogP contribution in [0.5, 0.6) is 0 Å². The maximum absolute atomic E-state index is 4.69. The molecule has 0 N–H and O–H groups in total. The van der Waals surface area contributed by atoms with Crippen LogP contribution in [0.1, 0.15) is 5.56 Å². The molecule has 0 bridgehead atoms. The minimum Gasteiger partial charge on any atom is -0.261 e. The van der Waals surface area contributed by atoms with Crippen molar-refractivity contribution in [2.24, 2.45) is 10.1 Å². The standard InChI is InChI=1S/C23H18BrN3S/c1-25-23-27(26-15-17-6-5-9-21(24)14-17)22(16-28-23)20-12-10-19(11-13-20)18-7-3-2-4-8-18/h2-16H,1H3/b25-23?,26-15-. The van der Waals surface area contributed by atoms with Crippen LogP contribution in [0.25, 0.3) is 22.4 Å². The summed E-state index contributed by atoms with van der Waals surface area (Å²) in [6.45, 7) is 0. The highest BCUT2D eigenvalue weighted by Crippen LogP contribution is 2.25. The van der Waals surface area contributed by atoms with Crippen LogP contribution in [0.4, 0.5) is 0 Å². The van der Waals surface area contributed by atoms with Gasteiger partial charge in [0.15, 0.2) is 0 Å². The van der Waals surface area contributed by atoms with Gasteiger partial charge in [0.25, 0.3) is 0 Å². The third-order valence-electron chi connectivity index (χ3n) is 4.34. The average Bonchev–Trinajstić information content (AvgIpc) is 3.16. The van der Waals surface area contributed by atoms with Gasteiger partial charge in [-0.1, -0.05) is 82.7 Å². The van der Waals surface area contributed by atoms with E-state index in [9.17, 15) is 0 Å². The number of rotatable bonds is 4. The third-order valence-corrected chi connectivity index (χ3v) is 5.74. The zero-order valence-electron chi connectivity index (χ0n) is 15.3. The molecule has 3 nitrogen and oxygen atoms in total. The molecule has 0 unspecified atom stereocenters. The van der Waals surface area contributed by atoms with Gasteiger partial charge in [-0.3, -0.25) is 4.99 Å². The summed E-state index contributed by atoms with van der Waals surface area (Å²) >= 11 is 5.08. The fourth-order valence-electron chi connectivity index (χ4n) is 2.94. The monoisotopic (exact) mass is 447 g/mol. The summed E-state index contributed by atoms with van der Waals surface area (Å²) in [5, 5.41) is 6.79. The van der Waals surface area contributed by atoms with Crippen molar-refractivity contribution >= 4 is 33.5 Å². The van der Waals surface area contributed by atoms with Crippen LogP contribution in [-0.4, -0.2) is 17.9 Å². The number of thiazole rings is 1. The normalized spacial score (nSPS) is 12.0. The molecule has 1 aromatic heterocycles. The van der Waals surface area contributed by atoms with Crippen LogP contribution >= 0.6 is 27.3 Å². The van der Waals surface area contributed by atoms with Gasteiger partial charge >= 0.3 is 0 Å². The van der Waals surface area contributed by atoms with Crippen molar-refractivity contribution in [3.05, 3.63) is 99.1 Å². The predicted molar refractivity (Wildman–Crippen MR) is 122 cm³/mol. The molecule has 1 heterocycles. The van der Waals surface area contributed by atoms with E-state index in [2.05, 4.69) is 74.8 Å². The quantitative estimate of drug-likeness (QED) is 0.340. The molecule has 0 aliphatic rings. The Hall–Kier alpha value is -2.76. The van der Waals surface area contributed by atoms with E-state index in [0.717, 1.165) is 26.1 Å². The molecule has 4 rings (SSSR count). The van der Waals surface area contributed by atoms with E-state index in [4.69, 9.17) is 5.10 Å². The maximum atomic E-state index is 4.69. The van der Waals surface area contributed by atoms with E-state index in [0.29, 0.717) is 0 Å². The molecule has 0 amide bonds. The van der Waals surface area contributed by atoms with Crippen LogP contribution in [0.2, 0.25) is 0 Å². The van der Waals surface area contributed by atoms with Crippen LogP contribution in [0.3, 0.4) is 0 Å². The first-order valence-electron chi connectivity index (χ1n) is 8.84. The molecule has 0 aliphatic heterocycles. The second kappa shape index (κ2) is 8.50. The Morgan fingerprint density at radius 2 is 1.57 bits per heavy atom. The van der Waals surface area contributed by atoms with Crippen molar-refractivity contribution < 1.29 is 0 Å². The molecule has 0 spiro atoms. The zero-order valence-corrected chi connectivity index (χ0v) is 17.7. The van der Waals surface area contributed by atoms with E-state index in [-0.39, 0.29) is 0 Å². The first-order valence-corrected chi connectivity index (χ1v) is 10.5. The predicted octanol–water partition coefficient (Wildman–Crippen LogP) is 6.06. The van der Waals surface area contributed by atoms with E-state index in [1.807, 2.05) is 41.2 Å². The highest BCUT2D eigenvalue weighted by molar-refractivity contribution is 9.10. The van der Waals surface area contributed by atoms with E-state index >= 15 is 0 Å². The molecule has 3 aromatic carbocycles. The SMILES string of the molecule is CN=c1scc(-c2ccc(-c3ccccc3)cc2)n1/N=C\c1cccc(Br)c1. The summed E-state index contributed by atoms with van der Waals surface area (Å²) in [6.07, 6.45) is 1.86. The Bertz CT molecular complexity index is 1170. The summed E-state index contributed by atoms with van der Waals surface area (Å²) in [4.78, 5) is 5.23. The second-order valence-electron chi connectivity index (χ2n) is 6.18. The molecule has 0 radical (unpaired) electrons. The largest absolute Gasteiger partial charge is 0.261 e. The molecule has 4 aromatic rings. The van der Waals surface area contributed by atoms with Crippen molar-refractivity contribution in [1.29, 1.82) is 0 Å². The van der Waals surface area contributed by atoms with Gasteiger partial charge < -0.3 is 0 Å². The van der Waals surface area contributed by atoms with Crippen molar-refractivity contribution in [1.82, 2.24) is 4.68 Å². The molecular formula is C23H18BrN3S. The molecule has 138 valence electrons. The minimum atomic E-state index is 0.855. The highest BCUT2D eigenvalue weighted by atomic mass is 79.9. The molecule has 0 aliphatic carbocycles. The second-order valence-corrected chi connectivity index (χ2v) is 7.93. The van der Waals surface area contributed by atoms with Crippen molar-refractivity contribution in [2.75, 3.05) is 7.05 Å². The summed E-state index contributed by atoms with van der Waals surface area (Å²) in [5.41, 5.74) is 5.57. The number of hydrogen-bond donors (Lipinski definition) is 0. The van der Waals surface area contributed by atoms with Gasteiger partial charge in [-0.25, -0.2) is 4.68 Å². The van der Waals surface area contributed by atoms with Crippen LogP contribution in [0, 0.1) is 0 Å². The van der Waals surface area contributed by atoms with E-state index in [1.54, 1.807) is 18.4 Å². The maximum Gasteiger partial charge on any atom is 0.205 e. The van der Waals surface area contributed by atoms with Crippen LogP contribution < -0.4 is 4.80 Å².